The van der Waals surface area contributed by atoms with Gasteiger partial charge in [0.2, 0.25) is 0 Å². The Labute approximate surface area is 223 Å². The van der Waals surface area contributed by atoms with Crippen molar-refractivity contribution in [1.29, 1.82) is 0 Å². The first-order valence-electron chi connectivity index (χ1n) is 13.2. The number of ether oxygens (including phenoxy) is 1. The van der Waals surface area contributed by atoms with Crippen molar-refractivity contribution in [3.8, 4) is 5.69 Å². The largest absolute Gasteiger partial charge is 0.465 e. The van der Waals surface area contributed by atoms with Crippen LogP contribution in [0.25, 0.3) is 5.69 Å². The molecule has 0 saturated carbocycles. The third-order valence-electron chi connectivity index (χ3n) is 7.30. The molecule has 5 rings (SSSR count). The Morgan fingerprint density at radius 1 is 0.789 bits per heavy atom. The SMILES string of the molecule is CCOC(=O)C(c1ccccc1)N1CCN(c2ccc(-n3ccn([C@H](C)c4ccccc4)c3=O)cc2)CC1. The first-order chi connectivity index (χ1) is 18.6. The highest BCUT2D eigenvalue weighted by atomic mass is 16.5. The maximum atomic E-state index is 13.2. The first-order valence-corrected chi connectivity index (χ1v) is 13.2. The average Bonchev–Trinajstić information content (AvgIpc) is 3.35. The standard InChI is InChI=1S/C31H34N4O3/c1-3-38-30(36)29(26-12-8-5-9-13-26)33-20-18-32(19-21-33)27-14-16-28(17-15-27)35-23-22-34(31(35)37)24(2)25-10-6-4-7-11-25/h4-17,22-24,29H,3,18-21H2,1-2H3/t24-,29?/m1/s1. The number of rotatable bonds is 8. The number of piperazine rings is 1. The highest BCUT2D eigenvalue weighted by Crippen LogP contribution is 2.26. The van der Waals surface area contributed by atoms with Gasteiger partial charge >= 0.3 is 11.7 Å². The van der Waals surface area contributed by atoms with Crippen LogP contribution in [-0.2, 0) is 9.53 Å². The van der Waals surface area contributed by atoms with E-state index >= 15 is 0 Å². The van der Waals surface area contributed by atoms with E-state index < -0.39 is 6.04 Å². The lowest BCUT2D eigenvalue weighted by Gasteiger charge is -2.39. The van der Waals surface area contributed by atoms with Crippen LogP contribution in [0.2, 0.25) is 0 Å². The monoisotopic (exact) mass is 510 g/mol. The molecule has 0 aliphatic carbocycles. The van der Waals surface area contributed by atoms with Gasteiger partial charge in [0.1, 0.15) is 6.04 Å². The second-order valence-electron chi connectivity index (χ2n) is 9.55. The fraction of sp³-hybridized carbons (Fsp3) is 0.290. The molecular weight excluding hydrogens is 476 g/mol. The molecule has 1 aliphatic heterocycles. The van der Waals surface area contributed by atoms with Crippen molar-refractivity contribution < 1.29 is 9.53 Å². The van der Waals surface area contributed by atoms with Crippen molar-refractivity contribution in [2.45, 2.75) is 25.9 Å². The third kappa shape index (κ3) is 5.29. The van der Waals surface area contributed by atoms with E-state index in [1.807, 2.05) is 99.0 Å². The van der Waals surface area contributed by atoms with Crippen molar-refractivity contribution in [3.05, 3.63) is 119 Å². The van der Waals surface area contributed by atoms with Gasteiger partial charge in [-0.2, -0.15) is 0 Å². The van der Waals surface area contributed by atoms with E-state index in [0.717, 1.165) is 48.7 Å². The van der Waals surface area contributed by atoms with Crippen LogP contribution >= 0.6 is 0 Å². The summed E-state index contributed by atoms with van der Waals surface area (Å²) in [6, 6.07) is 27.6. The first kappa shape index (κ1) is 25.5. The van der Waals surface area contributed by atoms with Crippen LogP contribution in [0.5, 0.6) is 0 Å². The van der Waals surface area contributed by atoms with Gasteiger partial charge in [-0.05, 0) is 49.2 Å². The van der Waals surface area contributed by atoms with Gasteiger partial charge in [0.25, 0.3) is 0 Å². The van der Waals surface area contributed by atoms with E-state index in [4.69, 9.17) is 4.74 Å². The number of benzene rings is 3. The molecule has 1 aromatic heterocycles. The minimum absolute atomic E-state index is 0.0464. The van der Waals surface area contributed by atoms with Crippen molar-refractivity contribution in [3.63, 3.8) is 0 Å². The van der Waals surface area contributed by atoms with Crippen LogP contribution in [0.15, 0.2) is 102 Å². The molecule has 2 heterocycles. The molecule has 0 spiro atoms. The Balaban J connectivity index is 1.27. The van der Waals surface area contributed by atoms with Crippen LogP contribution in [-0.4, -0.2) is 52.8 Å². The topological polar surface area (TPSA) is 59.7 Å². The van der Waals surface area contributed by atoms with Crippen molar-refractivity contribution in [2.24, 2.45) is 0 Å². The Kier molecular flexibility index (Phi) is 7.75. The smallest absolute Gasteiger partial charge is 0.333 e. The number of anilines is 1. The van der Waals surface area contributed by atoms with Gasteiger partial charge in [0.05, 0.1) is 18.3 Å². The van der Waals surface area contributed by atoms with Gasteiger partial charge in [0, 0.05) is 44.3 Å². The molecule has 1 saturated heterocycles. The van der Waals surface area contributed by atoms with Crippen LogP contribution in [0.1, 0.15) is 37.1 Å². The van der Waals surface area contributed by atoms with Crippen molar-refractivity contribution in [1.82, 2.24) is 14.0 Å². The van der Waals surface area contributed by atoms with Gasteiger partial charge in [-0.1, -0.05) is 60.7 Å². The van der Waals surface area contributed by atoms with Crippen LogP contribution in [0, 0.1) is 0 Å². The molecule has 0 bridgehead atoms. The number of hydrogen-bond donors (Lipinski definition) is 0. The van der Waals surface area contributed by atoms with Gasteiger partial charge in [-0.3, -0.25) is 14.0 Å². The molecule has 4 aromatic rings. The molecule has 7 nitrogen and oxygen atoms in total. The minimum atomic E-state index is -0.394. The van der Waals surface area contributed by atoms with E-state index in [2.05, 4.69) is 21.9 Å². The third-order valence-corrected chi connectivity index (χ3v) is 7.30. The fourth-order valence-corrected chi connectivity index (χ4v) is 5.19. The Bertz CT molecular complexity index is 1390. The lowest BCUT2D eigenvalue weighted by molar-refractivity contribution is -0.150. The fourth-order valence-electron chi connectivity index (χ4n) is 5.19. The summed E-state index contributed by atoms with van der Waals surface area (Å²) < 4.78 is 8.85. The number of esters is 1. The second-order valence-corrected chi connectivity index (χ2v) is 9.55. The van der Waals surface area contributed by atoms with Crippen LogP contribution < -0.4 is 10.6 Å². The van der Waals surface area contributed by atoms with Gasteiger partial charge < -0.3 is 9.64 Å². The number of carbonyl (C=O) groups excluding carboxylic acids is 1. The van der Waals surface area contributed by atoms with Gasteiger partial charge in [0.15, 0.2) is 0 Å². The molecule has 38 heavy (non-hydrogen) atoms. The zero-order valence-corrected chi connectivity index (χ0v) is 21.9. The zero-order valence-electron chi connectivity index (χ0n) is 21.9. The van der Waals surface area contributed by atoms with E-state index in [1.54, 1.807) is 9.13 Å². The normalized spacial score (nSPS) is 15.7. The molecule has 2 atom stereocenters. The lowest BCUT2D eigenvalue weighted by Crippen LogP contribution is -2.49. The molecule has 196 valence electrons. The number of hydrogen-bond acceptors (Lipinski definition) is 5. The number of carbonyl (C=O) groups is 1. The predicted molar refractivity (Wildman–Crippen MR) is 150 cm³/mol. The molecule has 3 aromatic carbocycles. The summed E-state index contributed by atoms with van der Waals surface area (Å²) in [7, 11) is 0. The summed E-state index contributed by atoms with van der Waals surface area (Å²) in [5.74, 6) is -0.199. The maximum absolute atomic E-state index is 13.2. The highest BCUT2D eigenvalue weighted by Gasteiger charge is 2.31. The Morgan fingerprint density at radius 2 is 1.37 bits per heavy atom. The second kappa shape index (κ2) is 11.5. The molecule has 1 unspecified atom stereocenters. The summed E-state index contributed by atoms with van der Waals surface area (Å²) in [5, 5.41) is 0. The predicted octanol–water partition coefficient (Wildman–Crippen LogP) is 4.67. The summed E-state index contributed by atoms with van der Waals surface area (Å²) >= 11 is 0. The number of aromatic nitrogens is 2. The Morgan fingerprint density at radius 3 is 1.97 bits per heavy atom. The zero-order chi connectivity index (χ0) is 26.5. The highest BCUT2D eigenvalue weighted by molar-refractivity contribution is 5.77. The summed E-state index contributed by atoms with van der Waals surface area (Å²) in [6.45, 7) is 7.34. The van der Waals surface area contributed by atoms with E-state index in [1.165, 1.54) is 0 Å². The van der Waals surface area contributed by atoms with Crippen molar-refractivity contribution in [2.75, 3.05) is 37.7 Å². The van der Waals surface area contributed by atoms with Gasteiger partial charge in [-0.15, -0.1) is 0 Å². The van der Waals surface area contributed by atoms with Gasteiger partial charge in [-0.25, -0.2) is 9.59 Å². The minimum Gasteiger partial charge on any atom is -0.465 e. The number of imidazole rings is 1. The molecular formula is C31H34N4O3. The molecule has 0 amide bonds. The maximum Gasteiger partial charge on any atom is 0.333 e. The summed E-state index contributed by atoms with van der Waals surface area (Å²) in [4.78, 5) is 30.5. The van der Waals surface area contributed by atoms with Crippen LogP contribution in [0.4, 0.5) is 5.69 Å². The quantitative estimate of drug-likeness (QED) is 0.322. The molecule has 7 heteroatoms. The molecule has 1 aliphatic rings. The number of nitrogens with zero attached hydrogens (tertiary/aromatic N) is 4. The molecule has 0 radical (unpaired) electrons. The average molecular weight is 511 g/mol. The lowest BCUT2D eigenvalue weighted by atomic mass is 10.0. The van der Waals surface area contributed by atoms with Crippen LogP contribution in [0.3, 0.4) is 0 Å². The van der Waals surface area contributed by atoms with E-state index in [9.17, 15) is 9.59 Å². The molecule has 1 fully saturated rings. The van der Waals surface area contributed by atoms with Crippen molar-refractivity contribution >= 4 is 11.7 Å². The van der Waals surface area contributed by atoms with E-state index in [-0.39, 0.29) is 17.7 Å². The summed E-state index contributed by atoms with van der Waals surface area (Å²) in [6.07, 6.45) is 3.68. The van der Waals surface area contributed by atoms with E-state index in [0.29, 0.717) is 6.61 Å². The summed E-state index contributed by atoms with van der Waals surface area (Å²) in [5.41, 5.74) is 3.93. The Hall–Kier alpha value is -4.10. The molecule has 0 N–H and O–H groups in total.